The fourth-order valence-electron chi connectivity index (χ4n) is 2.48. The highest BCUT2D eigenvalue weighted by atomic mass is 35.5. The summed E-state index contributed by atoms with van der Waals surface area (Å²) in [5.41, 5.74) is 1.79. The van der Waals surface area contributed by atoms with Crippen LogP contribution in [0.5, 0.6) is 0 Å². The summed E-state index contributed by atoms with van der Waals surface area (Å²) in [6.45, 7) is 2.91. The molecule has 0 bridgehead atoms. The number of carbonyl (C=O) groups excluding carboxylic acids is 2. The molecule has 1 unspecified atom stereocenters. The normalized spacial score (nSPS) is 11.6. The van der Waals surface area contributed by atoms with E-state index in [1.165, 1.54) is 0 Å². The van der Waals surface area contributed by atoms with Crippen LogP contribution in [0.25, 0.3) is 0 Å². The third-order valence-electron chi connectivity index (χ3n) is 3.61. The monoisotopic (exact) mass is 361 g/mol. The van der Waals surface area contributed by atoms with E-state index in [4.69, 9.17) is 16.3 Å². The maximum atomic E-state index is 12.3. The minimum Gasteiger partial charge on any atom is -0.462 e. The van der Waals surface area contributed by atoms with Crippen LogP contribution in [0.15, 0.2) is 48.5 Å². The van der Waals surface area contributed by atoms with E-state index in [2.05, 4.69) is 5.32 Å². The molecule has 0 fully saturated rings. The highest BCUT2D eigenvalue weighted by molar-refractivity contribution is 6.31. The molecule has 5 nitrogen and oxygen atoms in total. The number of amides is 1. The van der Waals surface area contributed by atoms with Crippen LogP contribution in [-0.4, -0.2) is 32.1 Å². The van der Waals surface area contributed by atoms with E-state index in [-0.39, 0.29) is 19.1 Å². The first-order valence-corrected chi connectivity index (χ1v) is 8.49. The number of carbonyl (C=O) groups is 2. The van der Waals surface area contributed by atoms with E-state index in [0.717, 1.165) is 10.5 Å². The number of hydrogen-bond donors (Lipinski definition) is 2. The zero-order chi connectivity index (χ0) is 18.2. The largest absolute Gasteiger partial charge is 0.462 e. The van der Waals surface area contributed by atoms with Crippen LogP contribution in [0, 0.1) is 0 Å². The number of para-hydroxylation sites is 1. The predicted octanol–water partition coefficient (Wildman–Crippen LogP) is 2.17. The highest BCUT2D eigenvalue weighted by Gasteiger charge is 2.16. The SMILES string of the molecule is CCOC(=O)c1ccccc1NC(=O)C[NH+](C)Cc1ccccc1Cl. The van der Waals surface area contributed by atoms with E-state index in [1.807, 2.05) is 31.3 Å². The van der Waals surface area contributed by atoms with Gasteiger partial charge in [0.2, 0.25) is 0 Å². The summed E-state index contributed by atoms with van der Waals surface area (Å²) in [5, 5.41) is 3.48. The summed E-state index contributed by atoms with van der Waals surface area (Å²) in [6, 6.07) is 14.4. The Morgan fingerprint density at radius 1 is 1.12 bits per heavy atom. The summed E-state index contributed by atoms with van der Waals surface area (Å²) in [4.78, 5) is 25.3. The summed E-state index contributed by atoms with van der Waals surface area (Å²) < 4.78 is 5.01. The van der Waals surface area contributed by atoms with E-state index >= 15 is 0 Å². The van der Waals surface area contributed by atoms with Crippen LogP contribution in [-0.2, 0) is 16.1 Å². The molecule has 6 heteroatoms. The summed E-state index contributed by atoms with van der Waals surface area (Å²) in [7, 11) is 1.92. The predicted molar refractivity (Wildman–Crippen MR) is 97.9 cm³/mol. The summed E-state index contributed by atoms with van der Waals surface area (Å²) >= 11 is 6.15. The minimum absolute atomic E-state index is 0.179. The topological polar surface area (TPSA) is 59.8 Å². The van der Waals surface area contributed by atoms with Gasteiger partial charge in [0.1, 0.15) is 6.54 Å². The van der Waals surface area contributed by atoms with Crippen molar-refractivity contribution in [2.24, 2.45) is 0 Å². The lowest BCUT2D eigenvalue weighted by molar-refractivity contribution is -0.885. The standard InChI is InChI=1S/C19H21ClN2O3/c1-3-25-19(24)15-9-5-7-11-17(15)21-18(23)13-22(2)12-14-8-4-6-10-16(14)20/h4-11H,3,12-13H2,1-2H3,(H,21,23)/p+1. The lowest BCUT2D eigenvalue weighted by Gasteiger charge is -2.15. The molecule has 25 heavy (non-hydrogen) atoms. The van der Waals surface area contributed by atoms with Gasteiger partial charge in [-0.25, -0.2) is 4.79 Å². The number of benzene rings is 2. The third-order valence-corrected chi connectivity index (χ3v) is 3.98. The Bertz CT molecular complexity index is 749. The number of esters is 1. The van der Waals surface area contributed by atoms with Gasteiger partial charge in [0, 0.05) is 10.6 Å². The van der Waals surface area contributed by atoms with Gasteiger partial charge in [-0.1, -0.05) is 41.9 Å². The number of quaternary nitrogens is 1. The molecule has 0 heterocycles. The average molecular weight is 362 g/mol. The first kappa shape index (κ1) is 19.0. The fourth-order valence-corrected chi connectivity index (χ4v) is 2.68. The van der Waals surface area contributed by atoms with Gasteiger partial charge in [0.25, 0.3) is 5.91 Å². The van der Waals surface area contributed by atoms with Crippen molar-refractivity contribution in [2.45, 2.75) is 13.5 Å². The number of nitrogens with one attached hydrogen (secondary N) is 2. The third kappa shape index (κ3) is 5.59. The van der Waals surface area contributed by atoms with Crippen LogP contribution in [0.4, 0.5) is 5.69 Å². The molecule has 0 aliphatic heterocycles. The van der Waals surface area contributed by atoms with Gasteiger partial charge in [0.15, 0.2) is 6.54 Å². The second-order valence-electron chi connectivity index (χ2n) is 5.72. The van der Waals surface area contributed by atoms with E-state index < -0.39 is 5.97 Å². The van der Waals surface area contributed by atoms with Crippen molar-refractivity contribution >= 4 is 29.2 Å². The Morgan fingerprint density at radius 3 is 2.52 bits per heavy atom. The average Bonchev–Trinajstić information content (AvgIpc) is 2.57. The second-order valence-corrected chi connectivity index (χ2v) is 6.12. The molecule has 0 aliphatic rings. The van der Waals surface area contributed by atoms with Gasteiger partial charge in [-0.3, -0.25) is 4.79 Å². The zero-order valence-electron chi connectivity index (χ0n) is 14.3. The molecular weight excluding hydrogens is 340 g/mol. The van der Waals surface area contributed by atoms with Crippen LogP contribution >= 0.6 is 11.6 Å². The molecule has 1 atom stereocenters. The van der Waals surface area contributed by atoms with Crippen molar-refractivity contribution in [1.29, 1.82) is 0 Å². The Kier molecular flexibility index (Phi) is 6.98. The maximum Gasteiger partial charge on any atom is 0.340 e. The van der Waals surface area contributed by atoms with E-state index in [9.17, 15) is 9.59 Å². The van der Waals surface area contributed by atoms with Crippen molar-refractivity contribution in [3.8, 4) is 0 Å². The number of halogens is 1. The van der Waals surface area contributed by atoms with Gasteiger partial charge >= 0.3 is 5.97 Å². The van der Waals surface area contributed by atoms with Crippen molar-refractivity contribution in [3.05, 3.63) is 64.7 Å². The molecule has 2 aromatic rings. The Hall–Kier alpha value is -2.37. The molecule has 0 aromatic heterocycles. The Balaban J connectivity index is 1.98. The minimum atomic E-state index is -0.449. The molecule has 0 spiro atoms. The molecular formula is C19H22ClN2O3+. The molecule has 2 N–H and O–H groups in total. The quantitative estimate of drug-likeness (QED) is 0.743. The number of likely N-dealkylation sites (N-methyl/N-ethyl adjacent to an activating group) is 1. The summed E-state index contributed by atoms with van der Waals surface area (Å²) in [6.07, 6.45) is 0. The van der Waals surface area contributed by atoms with Crippen molar-refractivity contribution < 1.29 is 19.2 Å². The first-order chi connectivity index (χ1) is 12.0. The first-order valence-electron chi connectivity index (χ1n) is 8.12. The second kappa shape index (κ2) is 9.20. The molecule has 1 amide bonds. The molecule has 132 valence electrons. The lowest BCUT2D eigenvalue weighted by Crippen LogP contribution is -3.08. The Morgan fingerprint density at radius 2 is 1.80 bits per heavy atom. The van der Waals surface area contributed by atoms with E-state index in [1.54, 1.807) is 31.2 Å². The Labute approximate surface area is 152 Å². The van der Waals surface area contributed by atoms with Gasteiger partial charge < -0.3 is 15.0 Å². The van der Waals surface area contributed by atoms with Crippen molar-refractivity contribution in [2.75, 3.05) is 25.5 Å². The molecule has 0 saturated heterocycles. The molecule has 0 aliphatic carbocycles. The number of hydrogen-bond acceptors (Lipinski definition) is 3. The van der Waals surface area contributed by atoms with Gasteiger partial charge in [-0.15, -0.1) is 0 Å². The van der Waals surface area contributed by atoms with Crippen molar-refractivity contribution in [1.82, 2.24) is 0 Å². The number of rotatable bonds is 7. The summed E-state index contributed by atoms with van der Waals surface area (Å²) in [5.74, 6) is -0.628. The van der Waals surface area contributed by atoms with Gasteiger partial charge in [-0.05, 0) is 25.1 Å². The van der Waals surface area contributed by atoms with Crippen LogP contribution in [0.3, 0.4) is 0 Å². The van der Waals surface area contributed by atoms with E-state index in [0.29, 0.717) is 22.8 Å². The lowest BCUT2D eigenvalue weighted by atomic mass is 10.1. The smallest absolute Gasteiger partial charge is 0.340 e. The van der Waals surface area contributed by atoms with Gasteiger partial charge in [-0.2, -0.15) is 0 Å². The molecule has 0 saturated carbocycles. The fraction of sp³-hybridized carbons (Fsp3) is 0.263. The highest BCUT2D eigenvalue weighted by Crippen LogP contribution is 2.16. The maximum absolute atomic E-state index is 12.3. The van der Waals surface area contributed by atoms with Crippen molar-refractivity contribution in [3.63, 3.8) is 0 Å². The number of ether oxygens (including phenoxy) is 1. The van der Waals surface area contributed by atoms with Crippen LogP contribution in [0.1, 0.15) is 22.8 Å². The molecule has 2 aromatic carbocycles. The number of anilines is 1. The van der Waals surface area contributed by atoms with Gasteiger partial charge in [0.05, 0.1) is 24.9 Å². The zero-order valence-corrected chi connectivity index (χ0v) is 15.1. The molecule has 2 rings (SSSR count). The van der Waals surface area contributed by atoms with Crippen LogP contribution < -0.4 is 10.2 Å². The molecule has 0 radical (unpaired) electrons. The van der Waals surface area contributed by atoms with Crippen LogP contribution in [0.2, 0.25) is 5.02 Å².